The van der Waals surface area contributed by atoms with Crippen LogP contribution < -0.4 is 5.73 Å². The molecule has 21 heavy (non-hydrogen) atoms. The monoisotopic (exact) mass is 287 g/mol. The number of likely N-dealkylation sites (tertiary alicyclic amines) is 1. The Bertz CT molecular complexity index is 625. The van der Waals surface area contributed by atoms with Crippen molar-refractivity contribution in [2.75, 3.05) is 13.1 Å². The summed E-state index contributed by atoms with van der Waals surface area (Å²) >= 11 is 0. The molecule has 110 valence electrons. The molecule has 1 atom stereocenters. The van der Waals surface area contributed by atoms with E-state index < -0.39 is 11.5 Å². The van der Waals surface area contributed by atoms with E-state index in [2.05, 4.69) is 15.0 Å². The van der Waals surface area contributed by atoms with Crippen LogP contribution in [-0.2, 0) is 11.3 Å². The Kier molecular flexibility index (Phi) is 3.44. The first kappa shape index (κ1) is 13.7. The number of nitrogens with two attached hydrogens (primary N) is 1. The zero-order chi connectivity index (χ0) is 14.9. The second-order valence-electron chi connectivity index (χ2n) is 5.43. The molecule has 3 rings (SSSR count). The van der Waals surface area contributed by atoms with Gasteiger partial charge in [-0.05, 0) is 24.1 Å². The molecule has 1 aliphatic heterocycles. The maximum Gasteiger partial charge on any atom is 0.325 e. The van der Waals surface area contributed by atoms with Crippen LogP contribution in [0.3, 0.4) is 0 Å². The van der Waals surface area contributed by atoms with Crippen LogP contribution >= 0.6 is 0 Å². The number of aliphatic carboxylic acids is 1. The minimum Gasteiger partial charge on any atom is -0.480 e. The fourth-order valence-electron chi connectivity index (χ4n) is 2.58. The third kappa shape index (κ3) is 2.79. The number of hydrogen-bond donors (Lipinski definition) is 2. The standard InChI is InChI=1S/C14H17N5O2/c15-14(13(20)21)5-6-18(8-14)7-11-1-3-12(4-2-11)19-10-16-9-17-19/h1-4,9-10H,5-8,15H2,(H,20,21)/t14-/m0/s1. The highest BCUT2D eigenvalue weighted by Crippen LogP contribution is 2.21. The lowest BCUT2D eigenvalue weighted by Crippen LogP contribution is -2.50. The summed E-state index contributed by atoms with van der Waals surface area (Å²) in [7, 11) is 0. The normalized spacial score (nSPS) is 22.5. The first-order valence-electron chi connectivity index (χ1n) is 6.75. The summed E-state index contributed by atoms with van der Waals surface area (Å²) in [4.78, 5) is 17.1. The highest BCUT2D eigenvalue weighted by atomic mass is 16.4. The van der Waals surface area contributed by atoms with E-state index in [1.165, 1.54) is 6.33 Å². The van der Waals surface area contributed by atoms with Crippen LogP contribution in [0.25, 0.3) is 5.69 Å². The van der Waals surface area contributed by atoms with Gasteiger partial charge in [0.05, 0.1) is 5.69 Å². The van der Waals surface area contributed by atoms with E-state index >= 15 is 0 Å². The molecule has 1 aromatic heterocycles. The lowest BCUT2D eigenvalue weighted by molar-refractivity contribution is -0.142. The Morgan fingerprint density at radius 3 is 2.71 bits per heavy atom. The molecule has 0 amide bonds. The number of benzene rings is 1. The van der Waals surface area contributed by atoms with Crippen LogP contribution in [0.2, 0.25) is 0 Å². The number of carbonyl (C=O) groups is 1. The van der Waals surface area contributed by atoms with Crippen molar-refractivity contribution in [3.05, 3.63) is 42.5 Å². The van der Waals surface area contributed by atoms with Crippen LogP contribution in [0, 0.1) is 0 Å². The molecule has 0 aliphatic carbocycles. The van der Waals surface area contributed by atoms with E-state index in [1.54, 1.807) is 11.0 Å². The molecule has 0 unspecified atom stereocenters. The number of rotatable bonds is 4. The van der Waals surface area contributed by atoms with Crippen LogP contribution in [0.15, 0.2) is 36.9 Å². The molecular weight excluding hydrogens is 270 g/mol. The van der Waals surface area contributed by atoms with Gasteiger partial charge in [-0.2, -0.15) is 5.10 Å². The van der Waals surface area contributed by atoms with Gasteiger partial charge >= 0.3 is 5.97 Å². The molecule has 2 aromatic rings. The average molecular weight is 287 g/mol. The van der Waals surface area contributed by atoms with Gasteiger partial charge in [0.15, 0.2) is 0 Å². The second kappa shape index (κ2) is 5.27. The van der Waals surface area contributed by atoms with Crippen molar-refractivity contribution in [1.82, 2.24) is 19.7 Å². The first-order valence-corrected chi connectivity index (χ1v) is 6.75. The first-order chi connectivity index (χ1) is 10.1. The third-order valence-electron chi connectivity index (χ3n) is 3.83. The molecule has 0 radical (unpaired) electrons. The van der Waals surface area contributed by atoms with E-state index in [9.17, 15) is 4.79 Å². The fourth-order valence-corrected chi connectivity index (χ4v) is 2.58. The summed E-state index contributed by atoms with van der Waals surface area (Å²) in [6, 6.07) is 7.95. The van der Waals surface area contributed by atoms with Gasteiger partial charge < -0.3 is 10.8 Å². The highest BCUT2D eigenvalue weighted by molar-refractivity contribution is 5.79. The number of carboxylic acids is 1. The van der Waals surface area contributed by atoms with E-state index in [-0.39, 0.29) is 0 Å². The molecular formula is C14H17N5O2. The summed E-state index contributed by atoms with van der Waals surface area (Å²) in [5.41, 5.74) is 6.82. The highest BCUT2D eigenvalue weighted by Gasteiger charge is 2.40. The number of hydrogen-bond acceptors (Lipinski definition) is 5. The zero-order valence-corrected chi connectivity index (χ0v) is 11.5. The van der Waals surface area contributed by atoms with E-state index in [4.69, 9.17) is 10.8 Å². The largest absolute Gasteiger partial charge is 0.480 e. The number of nitrogens with zero attached hydrogens (tertiary/aromatic N) is 4. The van der Waals surface area contributed by atoms with Crippen molar-refractivity contribution in [3.8, 4) is 5.69 Å². The average Bonchev–Trinajstić information content (AvgIpc) is 3.11. The Morgan fingerprint density at radius 2 is 2.14 bits per heavy atom. The summed E-state index contributed by atoms with van der Waals surface area (Å²) in [5, 5.41) is 13.2. The topological polar surface area (TPSA) is 97.3 Å². The summed E-state index contributed by atoms with van der Waals surface area (Å²) in [6.07, 6.45) is 3.62. The second-order valence-corrected chi connectivity index (χ2v) is 5.43. The maximum atomic E-state index is 11.1. The minimum atomic E-state index is -1.11. The quantitative estimate of drug-likeness (QED) is 0.837. The van der Waals surface area contributed by atoms with Gasteiger partial charge in [0.2, 0.25) is 0 Å². The SMILES string of the molecule is N[C@@]1(C(=O)O)CCN(Cc2ccc(-n3cncn3)cc2)C1. The van der Waals surface area contributed by atoms with Crippen molar-refractivity contribution < 1.29 is 9.90 Å². The lowest BCUT2D eigenvalue weighted by atomic mass is 10.0. The predicted octanol–water partition coefficient (Wildman–Crippen LogP) is 0.255. The Labute approximate surface area is 122 Å². The minimum absolute atomic E-state index is 0.382. The van der Waals surface area contributed by atoms with Gasteiger partial charge in [-0.1, -0.05) is 12.1 Å². The van der Waals surface area contributed by atoms with E-state index in [0.717, 1.165) is 11.3 Å². The van der Waals surface area contributed by atoms with Crippen LogP contribution in [0.1, 0.15) is 12.0 Å². The zero-order valence-electron chi connectivity index (χ0n) is 11.5. The van der Waals surface area contributed by atoms with Crippen LogP contribution in [0.4, 0.5) is 0 Å². The molecule has 2 heterocycles. The smallest absolute Gasteiger partial charge is 0.325 e. The number of carboxylic acid groups (broad SMARTS) is 1. The van der Waals surface area contributed by atoms with Crippen LogP contribution in [0.5, 0.6) is 0 Å². The Morgan fingerprint density at radius 1 is 1.38 bits per heavy atom. The molecule has 0 bridgehead atoms. The van der Waals surface area contributed by atoms with E-state index in [1.807, 2.05) is 24.3 Å². The number of aromatic nitrogens is 3. The molecule has 0 saturated carbocycles. The Balaban J connectivity index is 1.65. The van der Waals surface area contributed by atoms with Crippen molar-refractivity contribution >= 4 is 5.97 Å². The van der Waals surface area contributed by atoms with Gasteiger partial charge in [-0.25, -0.2) is 9.67 Å². The predicted molar refractivity (Wildman–Crippen MR) is 75.8 cm³/mol. The van der Waals surface area contributed by atoms with Crippen molar-refractivity contribution in [2.24, 2.45) is 5.73 Å². The maximum absolute atomic E-state index is 11.1. The summed E-state index contributed by atoms with van der Waals surface area (Å²) in [5.74, 6) is -0.925. The fraction of sp³-hybridized carbons (Fsp3) is 0.357. The van der Waals surface area contributed by atoms with Gasteiger partial charge in [0.25, 0.3) is 0 Å². The molecule has 1 fully saturated rings. The van der Waals surface area contributed by atoms with Gasteiger partial charge in [0, 0.05) is 19.6 Å². The van der Waals surface area contributed by atoms with Crippen molar-refractivity contribution in [1.29, 1.82) is 0 Å². The summed E-state index contributed by atoms with van der Waals surface area (Å²) < 4.78 is 1.69. The molecule has 0 spiro atoms. The van der Waals surface area contributed by atoms with Gasteiger partial charge in [0.1, 0.15) is 18.2 Å². The van der Waals surface area contributed by atoms with Gasteiger partial charge in [-0.3, -0.25) is 9.69 Å². The molecule has 7 heteroatoms. The Hall–Kier alpha value is -2.25. The molecule has 1 aliphatic rings. The molecule has 7 nitrogen and oxygen atoms in total. The van der Waals surface area contributed by atoms with Crippen LogP contribution in [-0.4, -0.2) is 49.4 Å². The van der Waals surface area contributed by atoms with Crippen molar-refractivity contribution in [2.45, 2.75) is 18.5 Å². The molecule has 1 aromatic carbocycles. The molecule has 3 N–H and O–H groups in total. The summed E-state index contributed by atoms with van der Waals surface area (Å²) in [6.45, 7) is 1.78. The lowest BCUT2D eigenvalue weighted by Gasteiger charge is -2.20. The third-order valence-corrected chi connectivity index (χ3v) is 3.83. The molecule has 1 saturated heterocycles. The van der Waals surface area contributed by atoms with Gasteiger partial charge in [-0.15, -0.1) is 0 Å². The van der Waals surface area contributed by atoms with E-state index in [0.29, 0.717) is 26.1 Å². The van der Waals surface area contributed by atoms with Crippen molar-refractivity contribution in [3.63, 3.8) is 0 Å².